The molecule has 8 heteroatoms. The molecule has 0 radical (unpaired) electrons. The van der Waals surface area contributed by atoms with Gasteiger partial charge < -0.3 is 19.9 Å². The van der Waals surface area contributed by atoms with E-state index in [4.69, 9.17) is 9.47 Å². The highest BCUT2D eigenvalue weighted by Crippen LogP contribution is 2.31. The van der Waals surface area contributed by atoms with Gasteiger partial charge in [-0.2, -0.15) is 0 Å². The second-order valence-electron chi connectivity index (χ2n) is 6.17. The van der Waals surface area contributed by atoms with Gasteiger partial charge in [0, 0.05) is 18.7 Å². The number of carboxylic acid groups (broad SMARTS) is 1. The van der Waals surface area contributed by atoms with Crippen molar-refractivity contribution in [2.24, 2.45) is 5.92 Å². The Morgan fingerprint density at radius 2 is 1.75 bits per heavy atom. The molecule has 1 aliphatic carbocycles. The molecule has 1 aliphatic rings. The Labute approximate surface area is 146 Å². The van der Waals surface area contributed by atoms with Gasteiger partial charge in [0.25, 0.3) is 0 Å². The molecule has 1 fully saturated rings. The fourth-order valence-corrected chi connectivity index (χ4v) is 3.69. The highest BCUT2D eigenvalue weighted by molar-refractivity contribution is 8.01. The number of rotatable bonds is 8. The summed E-state index contributed by atoms with van der Waals surface area (Å²) in [4.78, 5) is 34.4. The number of carbonyl (C=O) groups is 3. The molecule has 2 N–H and O–H groups in total. The zero-order chi connectivity index (χ0) is 18.1. The van der Waals surface area contributed by atoms with E-state index in [1.54, 1.807) is 13.8 Å². The molecule has 24 heavy (non-hydrogen) atoms. The Kier molecular flexibility index (Phi) is 8.95. The third-order valence-electron chi connectivity index (χ3n) is 3.64. The largest absolute Gasteiger partial charge is 0.480 e. The van der Waals surface area contributed by atoms with E-state index in [0.717, 1.165) is 25.7 Å². The number of alkyl carbamates (subject to hydrolysis) is 1. The van der Waals surface area contributed by atoms with Crippen LogP contribution in [0.25, 0.3) is 0 Å². The van der Waals surface area contributed by atoms with Crippen LogP contribution in [0.5, 0.6) is 0 Å². The van der Waals surface area contributed by atoms with Gasteiger partial charge in [-0.25, -0.2) is 4.79 Å². The van der Waals surface area contributed by atoms with Crippen LogP contribution in [0.3, 0.4) is 0 Å². The summed E-state index contributed by atoms with van der Waals surface area (Å²) in [6, 6.07) is 0. The lowest BCUT2D eigenvalue weighted by Crippen LogP contribution is -2.38. The first kappa shape index (κ1) is 20.6. The Morgan fingerprint density at radius 1 is 1.12 bits per heavy atom. The van der Waals surface area contributed by atoms with Crippen molar-refractivity contribution in [2.45, 2.75) is 69.7 Å². The highest BCUT2D eigenvalue weighted by Gasteiger charge is 2.25. The van der Waals surface area contributed by atoms with Crippen LogP contribution in [0, 0.1) is 5.92 Å². The summed E-state index contributed by atoms with van der Waals surface area (Å²) in [5, 5.41) is 11.3. The molecule has 0 unspecified atom stereocenters. The van der Waals surface area contributed by atoms with E-state index in [9.17, 15) is 19.5 Å². The summed E-state index contributed by atoms with van der Waals surface area (Å²) in [5.74, 6) is -1.74. The smallest absolute Gasteiger partial charge is 0.410 e. The van der Waals surface area contributed by atoms with Crippen molar-refractivity contribution in [3.63, 3.8) is 0 Å². The molecular formula is C16H27NO6S. The number of thioether (sulfide) groups is 1. The molecule has 0 heterocycles. The van der Waals surface area contributed by atoms with Gasteiger partial charge in [0.1, 0.15) is 5.25 Å². The van der Waals surface area contributed by atoms with E-state index in [2.05, 4.69) is 5.32 Å². The van der Waals surface area contributed by atoms with Crippen LogP contribution in [0.1, 0.15) is 52.9 Å². The van der Waals surface area contributed by atoms with Crippen LogP contribution >= 0.6 is 11.8 Å². The van der Waals surface area contributed by atoms with Gasteiger partial charge in [0.15, 0.2) is 0 Å². The van der Waals surface area contributed by atoms with Crippen LogP contribution in [0.4, 0.5) is 4.79 Å². The number of carboxylic acids is 1. The van der Waals surface area contributed by atoms with E-state index in [0.29, 0.717) is 5.25 Å². The third-order valence-corrected chi connectivity index (χ3v) is 5.20. The Morgan fingerprint density at radius 3 is 2.29 bits per heavy atom. The van der Waals surface area contributed by atoms with Gasteiger partial charge in [-0.1, -0.05) is 33.1 Å². The molecule has 0 aromatic heterocycles. The fourth-order valence-electron chi connectivity index (χ4n) is 2.32. The Bertz CT molecular complexity index is 436. The average molecular weight is 361 g/mol. The monoisotopic (exact) mass is 361 g/mol. The van der Waals surface area contributed by atoms with Gasteiger partial charge in [0.05, 0.1) is 5.92 Å². The van der Waals surface area contributed by atoms with Crippen molar-refractivity contribution in [2.75, 3.05) is 6.54 Å². The molecule has 0 bridgehead atoms. The van der Waals surface area contributed by atoms with Crippen LogP contribution in [0.15, 0.2) is 0 Å². The molecule has 1 rings (SSSR count). The lowest BCUT2D eigenvalue weighted by atomic mass is 10.0. The predicted molar refractivity (Wildman–Crippen MR) is 90.8 cm³/mol. The first-order valence-corrected chi connectivity index (χ1v) is 9.27. The maximum Gasteiger partial charge on any atom is 0.410 e. The number of aliphatic carboxylic acids is 1. The van der Waals surface area contributed by atoms with E-state index < -0.39 is 29.6 Å². The van der Waals surface area contributed by atoms with Crippen LogP contribution < -0.4 is 5.32 Å². The normalized spacial score (nSPS) is 17.8. The number of esters is 1. The molecule has 1 saturated carbocycles. The lowest BCUT2D eigenvalue weighted by molar-refractivity contribution is -0.168. The molecule has 138 valence electrons. The van der Waals surface area contributed by atoms with Crippen molar-refractivity contribution in [1.29, 1.82) is 0 Å². The second-order valence-corrected chi connectivity index (χ2v) is 7.68. The van der Waals surface area contributed by atoms with E-state index in [1.807, 2.05) is 0 Å². The van der Waals surface area contributed by atoms with Gasteiger partial charge >= 0.3 is 18.0 Å². The van der Waals surface area contributed by atoms with Crippen molar-refractivity contribution in [1.82, 2.24) is 5.32 Å². The number of hydrogen-bond acceptors (Lipinski definition) is 6. The molecule has 0 aliphatic heterocycles. The molecular weight excluding hydrogens is 334 g/mol. The molecule has 0 saturated heterocycles. The van der Waals surface area contributed by atoms with Crippen molar-refractivity contribution in [3.8, 4) is 0 Å². The van der Waals surface area contributed by atoms with E-state index >= 15 is 0 Å². The second kappa shape index (κ2) is 10.4. The lowest BCUT2D eigenvalue weighted by Gasteiger charge is -2.24. The molecule has 0 aromatic carbocycles. The van der Waals surface area contributed by atoms with E-state index in [1.165, 1.54) is 25.1 Å². The number of hydrogen-bond donors (Lipinski definition) is 2. The minimum atomic E-state index is -1.02. The van der Waals surface area contributed by atoms with Crippen molar-refractivity contribution in [3.05, 3.63) is 0 Å². The third kappa shape index (κ3) is 7.90. The van der Waals surface area contributed by atoms with E-state index in [-0.39, 0.29) is 12.5 Å². The van der Waals surface area contributed by atoms with Gasteiger partial charge in [0.2, 0.25) is 6.29 Å². The topological polar surface area (TPSA) is 102 Å². The number of amides is 1. The minimum Gasteiger partial charge on any atom is -0.480 e. The van der Waals surface area contributed by atoms with Crippen LogP contribution in [0.2, 0.25) is 0 Å². The number of carbonyl (C=O) groups excluding carboxylic acids is 2. The summed E-state index contributed by atoms with van der Waals surface area (Å²) in [7, 11) is 0. The van der Waals surface area contributed by atoms with Gasteiger partial charge in [-0.3, -0.25) is 9.59 Å². The fraction of sp³-hybridized carbons (Fsp3) is 0.812. The summed E-state index contributed by atoms with van der Waals surface area (Å²) in [6.07, 6.45) is 3.66. The standard InChI is InChI=1S/C16H27NO6S/c1-10(2)15(20)22-11(3)23-16(21)17-9-13(14(18)19)24-12-7-5-4-6-8-12/h10-13H,4-9H2,1-3H3,(H,17,21)(H,18,19)/t11-,13+/m1/s1. The van der Waals surface area contributed by atoms with Crippen molar-refractivity contribution < 1.29 is 29.0 Å². The zero-order valence-corrected chi connectivity index (χ0v) is 15.3. The number of ether oxygens (including phenoxy) is 2. The van der Waals surface area contributed by atoms with Gasteiger partial charge in [-0.05, 0) is 12.8 Å². The zero-order valence-electron chi connectivity index (χ0n) is 14.4. The first-order valence-electron chi connectivity index (χ1n) is 8.32. The number of nitrogens with one attached hydrogen (secondary N) is 1. The average Bonchev–Trinajstić information content (AvgIpc) is 2.51. The highest BCUT2D eigenvalue weighted by atomic mass is 32.2. The van der Waals surface area contributed by atoms with Crippen LogP contribution in [-0.4, -0.2) is 46.5 Å². The summed E-state index contributed by atoms with van der Waals surface area (Å²) < 4.78 is 9.81. The Balaban J connectivity index is 2.35. The maximum absolute atomic E-state index is 11.7. The summed E-state index contributed by atoms with van der Waals surface area (Å²) in [5.41, 5.74) is 0. The van der Waals surface area contributed by atoms with Crippen molar-refractivity contribution >= 4 is 29.8 Å². The molecule has 7 nitrogen and oxygen atoms in total. The SMILES string of the molecule is CC(C)C(=O)O[C@@H](C)OC(=O)NC[C@H](SC1CCCCC1)C(=O)O. The maximum atomic E-state index is 11.7. The summed E-state index contributed by atoms with van der Waals surface area (Å²) in [6.45, 7) is 4.76. The van der Waals surface area contributed by atoms with Crippen LogP contribution in [-0.2, 0) is 19.1 Å². The molecule has 1 amide bonds. The predicted octanol–water partition coefficient (Wildman–Crippen LogP) is 2.78. The molecule has 2 atom stereocenters. The van der Waals surface area contributed by atoms with Gasteiger partial charge in [-0.15, -0.1) is 11.8 Å². The molecule has 0 aromatic rings. The minimum absolute atomic E-state index is 0.0276. The quantitative estimate of drug-likeness (QED) is 0.506. The molecule has 0 spiro atoms. The Hall–Kier alpha value is -1.44. The first-order chi connectivity index (χ1) is 11.3. The summed E-state index contributed by atoms with van der Waals surface area (Å²) >= 11 is 1.39.